The Hall–Kier alpha value is -1.85. The number of nitrogens with zero attached hydrogens (tertiary/aromatic N) is 2. The van der Waals surface area contributed by atoms with Gasteiger partial charge in [0.15, 0.2) is 0 Å². The average Bonchev–Trinajstić information content (AvgIpc) is 2.79. The summed E-state index contributed by atoms with van der Waals surface area (Å²) in [6, 6.07) is 6.98. The molecular formula is C18H22ClN3O2. The molecule has 128 valence electrons. The molecule has 1 aliphatic heterocycles. The van der Waals surface area contributed by atoms with Crippen LogP contribution >= 0.6 is 11.6 Å². The number of rotatable bonds is 2. The number of hydrogen-bond acceptors (Lipinski definition) is 3. The second-order valence-corrected chi connectivity index (χ2v) is 6.98. The molecule has 0 bridgehead atoms. The maximum atomic E-state index is 13.1. The van der Waals surface area contributed by atoms with Crippen LogP contribution in [0.4, 0.5) is 0 Å². The molecule has 0 aliphatic carbocycles. The highest BCUT2D eigenvalue weighted by Gasteiger charge is 2.26. The maximum Gasteiger partial charge on any atom is 0.254 e. The number of nitrogens with one attached hydrogen (secondary N) is 1. The van der Waals surface area contributed by atoms with Gasteiger partial charge in [-0.25, -0.2) is 0 Å². The molecule has 2 heterocycles. The summed E-state index contributed by atoms with van der Waals surface area (Å²) >= 11 is 6.31. The summed E-state index contributed by atoms with van der Waals surface area (Å²) in [6.07, 6.45) is 3.15. The number of carbonyl (C=O) groups excluding carboxylic acids is 1. The highest BCUT2D eigenvalue weighted by molar-refractivity contribution is 6.36. The molecule has 1 aromatic heterocycles. The molecule has 5 nitrogen and oxygen atoms in total. The van der Waals surface area contributed by atoms with Gasteiger partial charge in [-0.1, -0.05) is 24.1 Å². The SMILES string of the molecule is CN(C)C1CCCCN(C(=O)c2cc(=O)[nH]c3cccc(Cl)c23)C1. The summed E-state index contributed by atoms with van der Waals surface area (Å²) in [6.45, 7) is 1.38. The molecule has 1 unspecified atom stereocenters. The number of fused-ring (bicyclic) bond motifs is 1. The van der Waals surface area contributed by atoms with E-state index in [0.29, 0.717) is 40.6 Å². The Bertz CT molecular complexity index is 816. The van der Waals surface area contributed by atoms with Crippen molar-refractivity contribution in [2.75, 3.05) is 27.2 Å². The van der Waals surface area contributed by atoms with Gasteiger partial charge >= 0.3 is 0 Å². The molecular weight excluding hydrogens is 326 g/mol. The first-order valence-corrected chi connectivity index (χ1v) is 8.62. The van der Waals surface area contributed by atoms with Gasteiger partial charge in [-0.3, -0.25) is 9.59 Å². The van der Waals surface area contributed by atoms with Crippen molar-refractivity contribution < 1.29 is 4.79 Å². The zero-order valence-corrected chi connectivity index (χ0v) is 14.8. The van der Waals surface area contributed by atoms with Gasteiger partial charge < -0.3 is 14.8 Å². The van der Waals surface area contributed by atoms with Crippen LogP contribution in [0.2, 0.25) is 5.02 Å². The van der Waals surface area contributed by atoms with E-state index in [1.165, 1.54) is 6.07 Å². The van der Waals surface area contributed by atoms with Crippen molar-refractivity contribution >= 4 is 28.4 Å². The van der Waals surface area contributed by atoms with E-state index in [9.17, 15) is 9.59 Å². The van der Waals surface area contributed by atoms with E-state index in [1.807, 2.05) is 19.0 Å². The quantitative estimate of drug-likeness (QED) is 0.908. The van der Waals surface area contributed by atoms with Crippen molar-refractivity contribution in [1.82, 2.24) is 14.8 Å². The molecule has 24 heavy (non-hydrogen) atoms. The third-order valence-corrected chi connectivity index (χ3v) is 5.03. The van der Waals surface area contributed by atoms with Crippen LogP contribution in [0.25, 0.3) is 10.9 Å². The van der Waals surface area contributed by atoms with Crippen molar-refractivity contribution in [3.8, 4) is 0 Å². The lowest BCUT2D eigenvalue weighted by atomic mass is 10.1. The first-order valence-electron chi connectivity index (χ1n) is 8.24. The average molecular weight is 348 g/mol. The predicted octanol–water partition coefficient (Wildman–Crippen LogP) is 2.74. The summed E-state index contributed by atoms with van der Waals surface area (Å²) in [7, 11) is 4.08. The van der Waals surface area contributed by atoms with Gasteiger partial charge in [-0.15, -0.1) is 0 Å². The number of hydrogen-bond donors (Lipinski definition) is 1. The number of likely N-dealkylation sites (N-methyl/N-ethyl adjacent to an activating group) is 1. The summed E-state index contributed by atoms with van der Waals surface area (Å²) in [5.41, 5.74) is 0.697. The maximum absolute atomic E-state index is 13.1. The summed E-state index contributed by atoms with van der Waals surface area (Å²) in [5.74, 6) is -0.118. The van der Waals surface area contributed by atoms with Crippen LogP contribution < -0.4 is 5.56 Å². The van der Waals surface area contributed by atoms with Gasteiger partial charge in [-0.05, 0) is 39.1 Å². The van der Waals surface area contributed by atoms with E-state index >= 15 is 0 Å². The molecule has 2 aromatic rings. The molecule has 1 amide bonds. The van der Waals surface area contributed by atoms with Crippen LogP contribution in [0, 0.1) is 0 Å². The number of benzene rings is 1. The Kier molecular flexibility index (Phi) is 4.92. The predicted molar refractivity (Wildman–Crippen MR) is 96.8 cm³/mol. The van der Waals surface area contributed by atoms with Gasteiger partial charge in [0.2, 0.25) is 5.56 Å². The van der Waals surface area contributed by atoms with E-state index in [0.717, 1.165) is 19.3 Å². The molecule has 1 N–H and O–H groups in total. The van der Waals surface area contributed by atoms with Gasteiger partial charge in [0, 0.05) is 30.6 Å². The molecule has 0 saturated carbocycles. The molecule has 6 heteroatoms. The Balaban J connectivity index is 2.03. The lowest BCUT2D eigenvalue weighted by molar-refractivity contribution is 0.0727. The second-order valence-electron chi connectivity index (χ2n) is 6.57. The zero-order chi connectivity index (χ0) is 17.3. The second kappa shape index (κ2) is 6.95. The van der Waals surface area contributed by atoms with Crippen molar-refractivity contribution in [2.24, 2.45) is 0 Å². The fraction of sp³-hybridized carbons (Fsp3) is 0.444. The van der Waals surface area contributed by atoms with E-state index in [2.05, 4.69) is 9.88 Å². The largest absolute Gasteiger partial charge is 0.337 e. The lowest BCUT2D eigenvalue weighted by Crippen LogP contribution is -2.42. The van der Waals surface area contributed by atoms with E-state index < -0.39 is 0 Å². The van der Waals surface area contributed by atoms with Crippen LogP contribution in [0.1, 0.15) is 29.6 Å². The Labute approximate surface area is 146 Å². The summed E-state index contributed by atoms with van der Waals surface area (Å²) in [5, 5.41) is 1.10. The standard InChI is InChI=1S/C18H22ClN3O2/c1-21(2)12-6-3-4-9-22(11-12)18(24)13-10-16(23)20-15-8-5-7-14(19)17(13)15/h5,7-8,10,12H,3-4,6,9,11H2,1-2H3,(H,20,23). The minimum Gasteiger partial charge on any atom is -0.337 e. The molecule has 3 rings (SSSR count). The third kappa shape index (κ3) is 3.32. The van der Waals surface area contributed by atoms with Crippen molar-refractivity contribution in [3.05, 3.63) is 45.2 Å². The lowest BCUT2D eigenvalue weighted by Gasteiger charge is -2.29. The number of aromatic amines is 1. The number of aromatic nitrogens is 1. The van der Waals surface area contributed by atoms with Crippen LogP contribution in [0.5, 0.6) is 0 Å². The van der Waals surface area contributed by atoms with Crippen LogP contribution in [-0.2, 0) is 0 Å². The monoisotopic (exact) mass is 347 g/mol. The van der Waals surface area contributed by atoms with Gasteiger partial charge in [0.1, 0.15) is 0 Å². The molecule has 1 fully saturated rings. The number of likely N-dealkylation sites (tertiary alicyclic amines) is 1. The first kappa shape index (κ1) is 17.0. The fourth-order valence-electron chi connectivity index (χ4n) is 3.34. The number of H-pyrrole nitrogens is 1. The van der Waals surface area contributed by atoms with Crippen LogP contribution in [0.3, 0.4) is 0 Å². The molecule has 1 saturated heterocycles. The Morgan fingerprint density at radius 3 is 2.88 bits per heavy atom. The highest BCUT2D eigenvalue weighted by atomic mass is 35.5. The minimum absolute atomic E-state index is 0.118. The van der Waals surface area contributed by atoms with Gasteiger partial charge in [0.05, 0.1) is 16.1 Å². The molecule has 0 spiro atoms. The smallest absolute Gasteiger partial charge is 0.254 e. The highest BCUT2D eigenvalue weighted by Crippen LogP contribution is 2.26. The van der Waals surface area contributed by atoms with Gasteiger partial charge in [-0.2, -0.15) is 0 Å². The zero-order valence-electron chi connectivity index (χ0n) is 14.0. The molecule has 1 atom stereocenters. The van der Waals surface area contributed by atoms with E-state index in [1.54, 1.807) is 18.2 Å². The normalized spacial score (nSPS) is 18.8. The van der Waals surface area contributed by atoms with Crippen molar-refractivity contribution in [1.29, 1.82) is 0 Å². The number of pyridine rings is 1. The van der Waals surface area contributed by atoms with Crippen molar-refractivity contribution in [2.45, 2.75) is 25.3 Å². The fourth-order valence-corrected chi connectivity index (χ4v) is 3.62. The van der Waals surface area contributed by atoms with E-state index in [-0.39, 0.29) is 11.5 Å². The van der Waals surface area contributed by atoms with Crippen LogP contribution in [-0.4, -0.2) is 53.9 Å². The third-order valence-electron chi connectivity index (χ3n) is 4.71. The number of carbonyl (C=O) groups is 1. The number of amides is 1. The first-order chi connectivity index (χ1) is 11.5. The molecule has 0 radical (unpaired) electrons. The Morgan fingerprint density at radius 2 is 2.12 bits per heavy atom. The Morgan fingerprint density at radius 1 is 1.33 bits per heavy atom. The molecule has 1 aliphatic rings. The number of halogens is 1. The van der Waals surface area contributed by atoms with E-state index in [4.69, 9.17) is 11.6 Å². The van der Waals surface area contributed by atoms with Crippen LogP contribution in [0.15, 0.2) is 29.1 Å². The van der Waals surface area contributed by atoms with Crippen molar-refractivity contribution in [3.63, 3.8) is 0 Å². The summed E-state index contributed by atoms with van der Waals surface area (Å²) in [4.78, 5) is 31.9. The minimum atomic E-state index is -0.285. The molecule has 1 aromatic carbocycles. The topological polar surface area (TPSA) is 56.4 Å². The van der Waals surface area contributed by atoms with Gasteiger partial charge in [0.25, 0.3) is 5.91 Å². The summed E-state index contributed by atoms with van der Waals surface area (Å²) < 4.78 is 0.